The average molecular weight is 338 g/mol. The van der Waals surface area contributed by atoms with Crippen molar-refractivity contribution in [2.24, 2.45) is 0 Å². The maximum absolute atomic E-state index is 12.4. The van der Waals surface area contributed by atoms with Crippen molar-refractivity contribution < 1.29 is 10.0 Å². The maximum atomic E-state index is 12.4. The number of hydrogen-bond donors (Lipinski definition) is 1. The summed E-state index contributed by atoms with van der Waals surface area (Å²) in [6, 6.07) is 20.9. The van der Waals surface area contributed by atoms with E-state index >= 15 is 0 Å². The van der Waals surface area contributed by atoms with Gasteiger partial charge in [-0.1, -0.05) is 60.1 Å². The van der Waals surface area contributed by atoms with Crippen LogP contribution in [0.1, 0.15) is 11.1 Å². The molecule has 0 aromatic heterocycles. The highest BCUT2D eigenvalue weighted by Crippen LogP contribution is 2.24. The molecular formula is C20H16ClNO2. The molecule has 0 radical (unpaired) electrons. The van der Waals surface area contributed by atoms with Gasteiger partial charge in [0.1, 0.15) is 0 Å². The normalized spacial score (nSPS) is 11.5. The monoisotopic (exact) mass is 337 g/mol. The zero-order chi connectivity index (χ0) is 17.1. The molecule has 0 aliphatic rings. The van der Waals surface area contributed by atoms with Gasteiger partial charge in [-0.3, -0.25) is 10.0 Å². The molecule has 4 heteroatoms. The van der Waals surface area contributed by atoms with E-state index in [-0.39, 0.29) is 0 Å². The molecule has 0 aliphatic heterocycles. The number of hydrogen-bond acceptors (Lipinski definition) is 2. The van der Waals surface area contributed by atoms with E-state index in [1.165, 1.54) is 7.05 Å². The summed E-state index contributed by atoms with van der Waals surface area (Å²) < 4.78 is 0. The second-order valence-corrected chi connectivity index (χ2v) is 5.94. The van der Waals surface area contributed by atoms with Gasteiger partial charge in [0.2, 0.25) is 0 Å². The molecule has 3 aromatic rings. The number of benzene rings is 3. The Morgan fingerprint density at radius 1 is 1.00 bits per heavy atom. The van der Waals surface area contributed by atoms with Crippen LogP contribution in [0, 0.1) is 0 Å². The highest BCUT2D eigenvalue weighted by Gasteiger charge is 2.15. The largest absolute Gasteiger partial charge is 0.286 e. The average Bonchev–Trinajstić information content (AvgIpc) is 2.60. The molecule has 0 saturated carbocycles. The van der Waals surface area contributed by atoms with E-state index in [1.807, 2.05) is 42.5 Å². The maximum Gasteiger partial charge on any atom is 0.277 e. The van der Waals surface area contributed by atoms with Crippen LogP contribution in [-0.4, -0.2) is 23.2 Å². The molecule has 0 aliphatic carbocycles. The van der Waals surface area contributed by atoms with Crippen molar-refractivity contribution in [3.8, 4) is 0 Å². The van der Waals surface area contributed by atoms with E-state index in [0.29, 0.717) is 21.2 Å². The Morgan fingerprint density at radius 3 is 2.33 bits per heavy atom. The minimum Gasteiger partial charge on any atom is -0.286 e. The van der Waals surface area contributed by atoms with Gasteiger partial charge >= 0.3 is 0 Å². The molecule has 3 nitrogen and oxygen atoms in total. The predicted octanol–water partition coefficient (Wildman–Crippen LogP) is 4.88. The summed E-state index contributed by atoms with van der Waals surface area (Å²) in [5, 5.41) is 13.0. The third-order valence-electron chi connectivity index (χ3n) is 3.76. The van der Waals surface area contributed by atoms with E-state index in [2.05, 4.69) is 0 Å². The third kappa shape index (κ3) is 3.48. The zero-order valence-corrected chi connectivity index (χ0v) is 13.9. The van der Waals surface area contributed by atoms with Crippen LogP contribution >= 0.6 is 11.6 Å². The van der Waals surface area contributed by atoms with Crippen LogP contribution in [0.2, 0.25) is 5.02 Å². The number of halogens is 1. The Labute approximate surface area is 145 Å². The van der Waals surface area contributed by atoms with Gasteiger partial charge in [-0.2, -0.15) is 0 Å². The van der Waals surface area contributed by atoms with Crippen molar-refractivity contribution in [3.05, 3.63) is 82.9 Å². The second kappa shape index (κ2) is 6.87. The third-order valence-corrected chi connectivity index (χ3v) is 4.02. The van der Waals surface area contributed by atoms with Crippen LogP contribution in [0.4, 0.5) is 0 Å². The minimum atomic E-state index is -0.481. The molecule has 0 spiro atoms. The lowest BCUT2D eigenvalue weighted by atomic mass is 10.00. The van der Waals surface area contributed by atoms with Gasteiger partial charge in [0.05, 0.1) is 0 Å². The molecule has 0 unspecified atom stereocenters. The molecule has 0 heterocycles. The first-order valence-electron chi connectivity index (χ1n) is 7.48. The number of hydroxylamine groups is 2. The van der Waals surface area contributed by atoms with E-state index in [1.54, 1.807) is 30.3 Å². The fraction of sp³-hybridized carbons (Fsp3) is 0.0500. The SMILES string of the molecule is CN(O)C(=O)C(=Cc1ccc2ccccc2c1)c1ccc(Cl)cc1. The van der Waals surface area contributed by atoms with Gasteiger partial charge in [-0.05, 0) is 46.2 Å². The van der Waals surface area contributed by atoms with Crippen LogP contribution in [-0.2, 0) is 4.79 Å². The number of carbonyl (C=O) groups is 1. The fourth-order valence-corrected chi connectivity index (χ4v) is 2.66. The van der Waals surface area contributed by atoms with E-state index in [0.717, 1.165) is 16.3 Å². The molecule has 3 rings (SSSR count). The van der Waals surface area contributed by atoms with Crippen LogP contribution in [0.3, 0.4) is 0 Å². The van der Waals surface area contributed by atoms with Gasteiger partial charge < -0.3 is 0 Å². The first kappa shape index (κ1) is 16.2. The summed E-state index contributed by atoms with van der Waals surface area (Å²) in [5.74, 6) is -0.481. The Balaban J connectivity index is 2.10. The highest BCUT2D eigenvalue weighted by atomic mass is 35.5. The van der Waals surface area contributed by atoms with Crippen LogP contribution < -0.4 is 0 Å². The molecule has 0 bridgehead atoms. The lowest BCUT2D eigenvalue weighted by Gasteiger charge is -2.13. The van der Waals surface area contributed by atoms with Gasteiger partial charge in [-0.15, -0.1) is 0 Å². The first-order valence-corrected chi connectivity index (χ1v) is 7.86. The summed E-state index contributed by atoms with van der Waals surface area (Å²) in [5.41, 5.74) is 1.97. The van der Waals surface area contributed by atoms with Crippen molar-refractivity contribution in [2.75, 3.05) is 7.05 Å². The van der Waals surface area contributed by atoms with Crippen LogP contribution in [0.15, 0.2) is 66.7 Å². The topological polar surface area (TPSA) is 40.5 Å². The molecule has 3 aromatic carbocycles. The van der Waals surface area contributed by atoms with Crippen LogP contribution in [0.25, 0.3) is 22.4 Å². The van der Waals surface area contributed by atoms with Gasteiger partial charge in [0.25, 0.3) is 5.91 Å². The predicted molar refractivity (Wildman–Crippen MR) is 97.8 cm³/mol. The standard InChI is InChI=1S/C20H16ClNO2/c1-22(24)20(23)19(16-8-10-18(21)11-9-16)13-14-6-7-15-4-2-3-5-17(15)12-14/h2-13,24H,1H3. The molecular weight excluding hydrogens is 322 g/mol. The zero-order valence-electron chi connectivity index (χ0n) is 13.1. The molecule has 120 valence electrons. The van der Waals surface area contributed by atoms with Gasteiger partial charge in [0, 0.05) is 17.6 Å². The number of carbonyl (C=O) groups excluding carboxylic acids is 1. The summed E-state index contributed by atoms with van der Waals surface area (Å²) in [4.78, 5) is 12.4. The summed E-state index contributed by atoms with van der Waals surface area (Å²) in [6.45, 7) is 0. The van der Waals surface area contributed by atoms with Crippen molar-refractivity contribution in [1.29, 1.82) is 0 Å². The van der Waals surface area contributed by atoms with E-state index in [4.69, 9.17) is 11.6 Å². The number of nitrogens with zero attached hydrogens (tertiary/aromatic N) is 1. The lowest BCUT2D eigenvalue weighted by Crippen LogP contribution is -2.23. The van der Waals surface area contributed by atoms with Crippen molar-refractivity contribution in [1.82, 2.24) is 5.06 Å². The van der Waals surface area contributed by atoms with Crippen molar-refractivity contribution >= 4 is 39.9 Å². The molecule has 1 N–H and O–H groups in total. The van der Waals surface area contributed by atoms with Crippen molar-refractivity contribution in [3.63, 3.8) is 0 Å². The van der Waals surface area contributed by atoms with Gasteiger partial charge in [0.15, 0.2) is 0 Å². The lowest BCUT2D eigenvalue weighted by molar-refractivity contribution is -0.151. The number of fused-ring (bicyclic) bond motifs is 1. The Hall–Kier alpha value is -2.62. The van der Waals surface area contributed by atoms with E-state index in [9.17, 15) is 10.0 Å². The fourth-order valence-electron chi connectivity index (χ4n) is 2.54. The first-order chi connectivity index (χ1) is 11.5. The summed E-state index contributed by atoms with van der Waals surface area (Å²) in [6.07, 6.45) is 1.77. The Morgan fingerprint density at radius 2 is 1.67 bits per heavy atom. The summed E-state index contributed by atoms with van der Waals surface area (Å²) in [7, 11) is 1.31. The minimum absolute atomic E-state index is 0.395. The molecule has 24 heavy (non-hydrogen) atoms. The molecule has 0 atom stereocenters. The Bertz CT molecular complexity index is 914. The number of rotatable bonds is 3. The summed E-state index contributed by atoms with van der Waals surface area (Å²) >= 11 is 5.92. The molecule has 0 fully saturated rings. The number of amides is 1. The van der Waals surface area contributed by atoms with Crippen LogP contribution in [0.5, 0.6) is 0 Å². The smallest absolute Gasteiger partial charge is 0.277 e. The van der Waals surface area contributed by atoms with E-state index < -0.39 is 5.91 Å². The molecule has 1 amide bonds. The quantitative estimate of drug-likeness (QED) is 0.320. The van der Waals surface area contributed by atoms with Crippen molar-refractivity contribution in [2.45, 2.75) is 0 Å². The van der Waals surface area contributed by atoms with Gasteiger partial charge in [-0.25, -0.2) is 5.06 Å². The second-order valence-electron chi connectivity index (χ2n) is 5.50. The number of likely N-dealkylation sites (N-methyl/N-ethyl adjacent to an activating group) is 1. The molecule has 0 saturated heterocycles. The highest BCUT2D eigenvalue weighted by molar-refractivity contribution is 6.31. The Kier molecular flexibility index (Phi) is 4.65.